The highest BCUT2D eigenvalue weighted by Crippen LogP contribution is 2.42. The lowest BCUT2D eigenvalue weighted by atomic mass is 10.2. The maximum absolute atomic E-state index is 12.3. The Hall–Kier alpha value is -1.17. The number of aromatic amines is 1. The highest BCUT2D eigenvalue weighted by molar-refractivity contribution is 7.98. The fraction of sp³-hybridized carbons (Fsp3) is 0.667. The fourth-order valence-electron chi connectivity index (χ4n) is 1.93. The van der Waals surface area contributed by atoms with Gasteiger partial charge in [0.25, 0.3) is 5.91 Å². The zero-order valence-corrected chi connectivity index (χ0v) is 11.9. The Labute approximate surface area is 111 Å². The Morgan fingerprint density at radius 3 is 2.89 bits per heavy atom. The highest BCUT2D eigenvalue weighted by Gasteiger charge is 2.31. The molecule has 0 saturated heterocycles. The number of anilines is 1. The first-order valence-corrected chi connectivity index (χ1v) is 7.55. The van der Waals surface area contributed by atoms with Gasteiger partial charge in [-0.15, -0.1) is 0 Å². The number of nitrogens with two attached hydrogens (primary N) is 1. The molecular formula is C12H20N4OS. The second kappa shape index (κ2) is 5.22. The van der Waals surface area contributed by atoms with Gasteiger partial charge in [-0.2, -0.15) is 16.9 Å². The molecule has 0 aromatic carbocycles. The van der Waals surface area contributed by atoms with E-state index in [1.54, 1.807) is 23.7 Å². The first-order chi connectivity index (χ1) is 8.56. The Balaban J connectivity index is 2.13. The van der Waals surface area contributed by atoms with E-state index in [2.05, 4.69) is 10.2 Å². The van der Waals surface area contributed by atoms with Crippen molar-refractivity contribution in [3.8, 4) is 0 Å². The van der Waals surface area contributed by atoms with Gasteiger partial charge >= 0.3 is 0 Å². The van der Waals surface area contributed by atoms with E-state index in [-0.39, 0.29) is 11.9 Å². The number of thioether (sulfide) groups is 1. The van der Waals surface area contributed by atoms with Crippen LogP contribution < -0.4 is 5.73 Å². The van der Waals surface area contributed by atoms with Gasteiger partial charge in [0.2, 0.25) is 0 Å². The number of nitrogens with one attached hydrogen (secondary N) is 1. The van der Waals surface area contributed by atoms with Crippen LogP contribution in [0.15, 0.2) is 0 Å². The van der Waals surface area contributed by atoms with Crippen LogP contribution in [0.2, 0.25) is 0 Å². The van der Waals surface area contributed by atoms with E-state index < -0.39 is 0 Å². The molecule has 2 rings (SSSR count). The quantitative estimate of drug-likeness (QED) is 0.852. The number of hydrogen-bond donors (Lipinski definition) is 2. The molecule has 1 saturated carbocycles. The van der Waals surface area contributed by atoms with Crippen LogP contribution in [-0.2, 0) is 0 Å². The van der Waals surface area contributed by atoms with E-state index in [0.29, 0.717) is 17.3 Å². The van der Waals surface area contributed by atoms with Gasteiger partial charge in [0.15, 0.2) is 5.69 Å². The lowest BCUT2D eigenvalue weighted by Crippen LogP contribution is -2.37. The molecule has 1 amide bonds. The smallest absolute Gasteiger partial charge is 0.276 e. The molecule has 6 heteroatoms. The summed E-state index contributed by atoms with van der Waals surface area (Å²) in [7, 11) is 1.80. The van der Waals surface area contributed by atoms with Crippen LogP contribution in [0.5, 0.6) is 0 Å². The van der Waals surface area contributed by atoms with Crippen LogP contribution in [-0.4, -0.2) is 46.1 Å². The Kier molecular flexibility index (Phi) is 3.85. The van der Waals surface area contributed by atoms with Crippen molar-refractivity contribution in [2.24, 2.45) is 0 Å². The number of carbonyl (C=O) groups excluding carboxylic acids is 1. The number of nitrogens with zero attached hydrogens (tertiary/aromatic N) is 2. The zero-order chi connectivity index (χ0) is 13.3. The summed E-state index contributed by atoms with van der Waals surface area (Å²) in [6.07, 6.45) is 4.31. The average Bonchev–Trinajstić information content (AvgIpc) is 3.11. The normalized spacial score (nSPS) is 16.6. The lowest BCUT2D eigenvalue weighted by molar-refractivity contribution is 0.0752. The molecule has 1 heterocycles. The van der Waals surface area contributed by atoms with Gasteiger partial charge < -0.3 is 10.6 Å². The second-order valence-corrected chi connectivity index (χ2v) is 5.80. The van der Waals surface area contributed by atoms with E-state index in [0.717, 1.165) is 24.3 Å². The van der Waals surface area contributed by atoms with Gasteiger partial charge in [-0.05, 0) is 26.0 Å². The summed E-state index contributed by atoms with van der Waals surface area (Å²) in [4.78, 5) is 14.0. The van der Waals surface area contributed by atoms with Crippen LogP contribution in [0, 0.1) is 0 Å². The Morgan fingerprint density at radius 1 is 1.67 bits per heavy atom. The van der Waals surface area contributed by atoms with Crippen molar-refractivity contribution in [3.05, 3.63) is 11.4 Å². The number of nitrogen functional groups attached to an aromatic ring is 1. The van der Waals surface area contributed by atoms with Crippen molar-refractivity contribution in [3.63, 3.8) is 0 Å². The molecule has 100 valence electrons. The van der Waals surface area contributed by atoms with Crippen molar-refractivity contribution in [2.75, 3.05) is 24.8 Å². The molecule has 1 aromatic heterocycles. The van der Waals surface area contributed by atoms with Crippen LogP contribution in [0.1, 0.15) is 41.9 Å². The number of hydrogen-bond acceptors (Lipinski definition) is 4. The first-order valence-electron chi connectivity index (χ1n) is 6.16. The summed E-state index contributed by atoms with van der Waals surface area (Å²) in [6, 6.07) is 0.174. The zero-order valence-electron chi connectivity index (χ0n) is 11.1. The molecular weight excluding hydrogens is 248 g/mol. The van der Waals surface area contributed by atoms with Crippen molar-refractivity contribution < 1.29 is 4.79 Å². The summed E-state index contributed by atoms with van der Waals surface area (Å²) in [5.41, 5.74) is 7.85. The third kappa shape index (κ3) is 2.48. The maximum Gasteiger partial charge on any atom is 0.276 e. The topological polar surface area (TPSA) is 75.0 Å². The minimum Gasteiger partial charge on any atom is -0.395 e. The van der Waals surface area contributed by atoms with Crippen LogP contribution in [0.25, 0.3) is 0 Å². The summed E-state index contributed by atoms with van der Waals surface area (Å²) < 4.78 is 0. The van der Waals surface area contributed by atoms with E-state index in [1.165, 1.54) is 0 Å². The molecule has 1 unspecified atom stereocenters. The third-order valence-electron chi connectivity index (χ3n) is 3.41. The minimum absolute atomic E-state index is 0.0998. The average molecular weight is 268 g/mol. The van der Waals surface area contributed by atoms with E-state index >= 15 is 0 Å². The molecule has 1 aliphatic rings. The fourth-order valence-corrected chi connectivity index (χ4v) is 2.64. The summed E-state index contributed by atoms with van der Waals surface area (Å²) in [5, 5.41) is 7.01. The van der Waals surface area contributed by atoms with Gasteiger partial charge in [-0.1, -0.05) is 0 Å². The van der Waals surface area contributed by atoms with Gasteiger partial charge in [-0.25, -0.2) is 0 Å². The Morgan fingerprint density at radius 2 is 2.33 bits per heavy atom. The molecule has 18 heavy (non-hydrogen) atoms. The summed E-state index contributed by atoms with van der Waals surface area (Å²) >= 11 is 1.72. The van der Waals surface area contributed by atoms with Crippen molar-refractivity contribution >= 4 is 23.4 Å². The SMILES string of the molecule is CSCC(C)N(C)C(=O)c1n[nH]c(C2CC2)c1N. The largest absolute Gasteiger partial charge is 0.395 e. The van der Waals surface area contributed by atoms with Crippen molar-refractivity contribution in [1.29, 1.82) is 0 Å². The first kappa shape index (κ1) is 13.3. The van der Waals surface area contributed by atoms with Gasteiger partial charge in [0, 0.05) is 24.8 Å². The maximum atomic E-state index is 12.3. The molecule has 0 bridgehead atoms. The van der Waals surface area contributed by atoms with Gasteiger partial charge in [-0.3, -0.25) is 9.89 Å². The predicted molar refractivity (Wildman–Crippen MR) is 74.9 cm³/mol. The molecule has 1 aromatic rings. The monoisotopic (exact) mass is 268 g/mol. The molecule has 0 aliphatic heterocycles. The van der Waals surface area contributed by atoms with Crippen LogP contribution in [0.4, 0.5) is 5.69 Å². The number of aromatic nitrogens is 2. The minimum atomic E-state index is -0.0998. The third-order valence-corrected chi connectivity index (χ3v) is 4.23. The summed E-state index contributed by atoms with van der Waals surface area (Å²) in [6.45, 7) is 2.03. The van der Waals surface area contributed by atoms with Gasteiger partial charge in [0.1, 0.15) is 0 Å². The van der Waals surface area contributed by atoms with Crippen LogP contribution >= 0.6 is 11.8 Å². The molecule has 3 N–H and O–H groups in total. The van der Waals surface area contributed by atoms with E-state index in [9.17, 15) is 4.79 Å². The van der Waals surface area contributed by atoms with E-state index in [4.69, 9.17) is 5.73 Å². The highest BCUT2D eigenvalue weighted by atomic mass is 32.2. The van der Waals surface area contributed by atoms with Crippen LogP contribution in [0.3, 0.4) is 0 Å². The molecule has 1 fully saturated rings. The van der Waals surface area contributed by atoms with Crippen molar-refractivity contribution in [1.82, 2.24) is 15.1 Å². The lowest BCUT2D eigenvalue weighted by Gasteiger charge is -2.23. The Bertz CT molecular complexity index is 441. The number of H-pyrrole nitrogens is 1. The van der Waals surface area contributed by atoms with E-state index in [1.807, 2.05) is 13.2 Å². The number of carbonyl (C=O) groups is 1. The summed E-state index contributed by atoms with van der Waals surface area (Å²) in [5.74, 6) is 1.28. The molecule has 0 spiro atoms. The van der Waals surface area contributed by atoms with Gasteiger partial charge in [0.05, 0.1) is 11.4 Å². The predicted octanol–water partition coefficient (Wildman–Crippen LogP) is 1.69. The molecule has 0 radical (unpaired) electrons. The standard InChI is InChI=1S/C12H20N4OS/c1-7(6-18-3)16(2)12(17)11-9(13)10(14-15-11)8-4-5-8/h7-8H,4-6,13H2,1-3H3,(H,14,15). The number of rotatable bonds is 5. The molecule has 5 nitrogen and oxygen atoms in total. The van der Waals surface area contributed by atoms with Crippen molar-refractivity contribution in [2.45, 2.75) is 31.7 Å². The molecule has 1 aliphatic carbocycles. The number of amides is 1. The molecule has 1 atom stereocenters. The second-order valence-electron chi connectivity index (χ2n) is 4.89.